The van der Waals surface area contributed by atoms with Gasteiger partial charge in [0.1, 0.15) is 5.82 Å². The predicted molar refractivity (Wildman–Crippen MR) is 78.1 cm³/mol. The van der Waals surface area contributed by atoms with Gasteiger partial charge < -0.3 is 16.4 Å². The number of anilines is 2. The molecule has 1 rings (SSSR count). The van der Waals surface area contributed by atoms with E-state index in [1.54, 1.807) is 4.68 Å². The molecule has 0 atom stereocenters. The lowest BCUT2D eigenvalue weighted by Crippen LogP contribution is -2.43. The van der Waals surface area contributed by atoms with Crippen LogP contribution in [0.4, 0.5) is 11.5 Å². The molecule has 1 aromatic heterocycles. The number of amides is 1. The van der Waals surface area contributed by atoms with Crippen molar-refractivity contribution in [3.63, 3.8) is 0 Å². The molecule has 6 heteroatoms. The zero-order valence-electron chi connectivity index (χ0n) is 12.7. The van der Waals surface area contributed by atoms with Gasteiger partial charge in [-0.15, -0.1) is 0 Å². The van der Waals surface area contributed by atoms with E-state index in [1.165, 1.54) is 0 Å². The van der Waals surface area contributed by atoms with Crippen molar-refractivity contribution in [2.45, 2.75) is 53.1 Å². The molecule has 0 bridgehead atoms. The molecule has 4 N–H and O–H groups in total. The Kier molecular flexibility index (Phi) is 4.44. The van der Waals surface area contributed by atoms with Crippen LogP contribution in [0.15, 0.2) is 0 Å². The maximum Gasteiger partial charge on any atom is 0.239 e. The van der Waals surface area contributed by atoms with Gasteiger partial charge in [-0.25, -0.2) is 4.68 Å². The van der Waals surface area contributed by atoms with Crippen molar-refractivity contribution in [2.24, 2.45) is 0 Å². The summed E-state index contributed by atoms with van der Waals surface area (Å²) in [6.45, 7) is 11.9. The molecule has 0 radical (unpaired) electrons. The Balaban J connectivity index is 2.75. The average molecular weight is 267 g/mol. The number of carbonyl (C=O) groups excluding carboxylic acids is 1. The highest BCUT2D eigenvalue weighted by Crippen LogP contribution is 2.25. The van der Waals surface area contributed by atoms with Crippen LogP contribution in [-0.2, 0) is 4.79 Å². The van der Waals surface area contributed by atoms with E-state index >= 15 is 0 Å². The summed E-state index contributed by atoms with van der Waals surface area (Å²) in [4.78, 5) is 11.8. The van der Waals surface area contributed by atoms with Crippen LogP contribution in [0, 0.1) is 6.92 Å². The molecule has 0 aromatic carbocycles. The molecule has 0 spiro atoms. The van der Waals surface area contributed by atoms with Crippen molar-refractivity contribution >= 4 is 17.4 Å². The van der Waals surface area contributed by atoms with Gasteiger partial charge in [0.15, 0.2) is 0 Å². The topological polar surface area (TPSA) is 85.0 Å². The number of nitrogens with one attached hydrogen (secondary N) is 2. The second kappa shape index (κ2) is 5.50. The lowest BCUT2D eigenvalue weighted by atomic mass is 10.1. The minimum Gasteiger partial charge on any atom is -0.394 e. The number of hydrogen-bond acceptors (Lipinski definition) is 4. The van der Waals surface area contributed by atoms with Gasteiger partial charge in [0.2, 0.25) is 5.91 Å². The van der Waals surface area contributed by atoms with E-state index in [4.69, 9.17) is 5.73 Å². The summed E-state index contributed by atoms with van der Waals surface area (Å²) in [5.41, 5.74) is 7.10. The van der Waals surface area contributed by atoms with Crippen molar-refractivity contribution in [3.05, 3.63) is 5.69 Å². The lowest BCUT2D eigenvalue weighted by molar-refractivity contribution is -0.120. The van der Waals surface area contributed by atoms with Crippen LogP contribution < -0.4 is 16.4 Å². The van der Waals surface area contributed by atoms with Gasteiger partial charge in [-0.2, -0.15) is 5.10 Å². The zero-order chi connectivity index (χ0) is 14.8. The molecular weight excluding hydrogens is 242 g/mol. The minimum atomic E-state index is -0.238. The molecule has 0 fully saturated rings. The summed E-state index contributed by atoms with van der Waals surface area (Å²) in [5.74, 6) is 0.637. The molecule has 0 aliphatic heterocycles. The Morgan fingerprint density at radius 1 is 1.42 bits per heavy atom. The number of nitrogen functional groups attached to an aromatic ring is 1. The minimum absolute atomic E-state index is 0.0685. The largest absolute Gasteiger partial charge is 0.394 e. The van der Waals surface area contributed by atoms with Gasteiger partial charge in [-0.05, 0) is 41.5 Å². The monoisotopic (exact) mass is 267 g/mol. The smallest absolute Gasteiger partial charge is 0.239 e. The first kappa shape index (κ1) is 15.3. The van der Waals surface area contributed by atoms with Gasteiger partial charge >= 0.3 is 0 Å². The van der Waals surface area contributed by atoms with E-state index in [-0.39, 0.29) is 24.0 Å². The van der Waals surface area contributed by atoms with E-state index in [1.807, 2.05) is 41.5 Å². The maximum absolute atomic E-state index is 11.8. The first-order valence-electron chi connectivity index (χ1n) is 6.51. The lowest BCUT2D eigenvalue weighted by Gasteiger charge is -2.21. The van der Waals surface area contributed by atoms with Crippen molar-refractivity contribution in [2.75, 3.05) is 17.6 Å². The molecule has 1 amide bonds. The highest BCUT2D eigenvalue weighted by Gasteiger charge is 2.17. The van der Waals surface area contributed by atoms with Gasteiger partial charge in [0.05, 0.1) is 17.9 Å². The number of aryl methyl sites for hydroxylation is 1. The molecule has 19 heavy (non-hydrogen) atoms. The van der Waals surface area contributed by atoms with E-state index in [0.29, 0.717) is 11.5 Å². The van der Waals surface area contributed by atoms with Crippen LogP contribution in [-0.4, -0.2) is 27.8 Å². The third kappa shape index (κ3) is 4.15. The summed E-state index contributed by atoms with van der Waals surface area (Å²) >= 11 is 0. The molecule has 1 aromatic rings. The normalized spacial score (nSPS) is 11.7. The van der Waals surface area contributed by atoms with Crippen LogP contribution in [0.3, 0.4) is 0 Å². The second-order valence-corrected chi connectivity index (χ2v) is 6.04. The van der Waals surface area contributed by atoms with Crippen LogP contribution in [0.5, 0.6) is 0 Å². The highest BCUT2D eigenvalue weighted by molar-refractivity contribution is 5.82. The number of aromatic nitrogens is 2. The summed E-state index contributed by atoms with van der Waals surface area (Å²) in [7, 11) is 0. The van der Waals surface area contributed by atoms with Crippen LogP contribution >= 0.6 is 0 Å². The van der Waals surface area contributed by atoms with Gasteiger partial charge in [-0.3, -0.25) is 4.79 Å². The van der Waals surface area contributed by atoms with Crippen LogP contribution in [0.2, 0.25) is 0 Å². The Morgan fingerprint density at radius 3 is 2.47 bits per heavy atom. The molecule has 0 aliphatic rings. The summed E-state index contributed by atoms with van der Waals surface area (Å²) in [5, 5.41) is 10.3. The Hall–Kier alpha value is -1.72. The number of nitrogens with two attached hydrogens (primary N) is 1. The third-order valence-electron chi connectivity index (χ3n) is 2.55. The Labute approximate surface area is 114 Å². The molecule has 0 aliphatic carbocycles. The molecule has 108 valence electrons. The first-order chi connectivity index (χ1) is 8.61. The second-order valence-electron chi connectivity index (χ2n) is 6.04. The van der Waals surface area contributed by atoms with E-state index in [2.05, 4.69) is 15.7 Å². The number of hydrogen-bond donors (Lipinski definition) is 3. The SMILES string of the molecule is Cc1nn(C(C)C)c(NCC(=O)NC(C)(C)C)c1N. The van der Waals surface area contributed by atoms with Crippen molar-refractivity contribution < 1.29 is 4.79 Å². The quantitative estimate of drug-likeness (QED) is 0.775. The maximum atomic E-state index is 11.8. The standard InChI is InChI=1S/C13H25N5O/c1-8(2)18-12(11(14)9(3)17-18)15-7-10(19)16-13(4,5)6/h8,15H,7,14H2,1-6H3,(H,16,19). The molecule has 0 saturated carbocycles. The first-order valence-corrected chi connectivity index (χ1v) is 6.51. The Morgan fingerprint density at radius 2 is 2.00 bits per heavy atom. The number of rotatable bonds is 4. The van der Waals surface area contributed by atoms with E-state index in [9.17, 15) is 4.79 Å². The van der Waals surface area contributed by atoms with Crippen molar-refractivity contribution in [1.82, 2.24) is 15.1 Å². The van der Waals surface area contributed by atoms with Gasteiger partial charge in [0.25, 0.3) is 0 Å². The number of nitrogens with zero attached hydrogens (tertiary/aromatic N) is 2. The average Bonchev–Trinajstić information content (AvgIpc) is 2.51. The summed E-state index contributed by atoms with van der Waals surface area (Å²) < 4.78 is 1.80. The Bertz CT molecular complexity index is 456. The predicted octanol–water partition coefficient (Wildman–Crippen LogP) is 1.68. The van der Waals surface area contributed by atoms with E-state index in [0.717, 1.165) is 5.69 Å². The van der Waals surface area contributed by atoms with Crippen molar-refractivity contribution in [3.8, 4) is 0 Å². The van der Waals surface area contributed by atoms with Gasteiger partial charge in [0, 0.05) is 11.6 Å². The zero-order valence-corrected chi connectivity index (χ0v) is 12.7. The van der Waals surface area contributed by atoms with Crippen LogP contribution in [0.1, 0.15) is 46.4 Å². The van der Waals surface area contributed by atoms with Crippen LogP contribution in [0.25, 0.3) is 0 Å². The summed E-state index contributed by atoms with van der Waals surface area (Å²) in [6.07, 6.45) is 0. The van der Waals surface area contributed by atoms with Gasteiger partial charge in [-0.1, -0.05) is 0 Å². The third-order valence-corrected chi connectivity index (χ3v) is 2.55. The fourth-order valence-corrected chi connectivity index (χ4v) is 1.74. The summed E-state index contributed by atoms with van der Waals surface area (Å²) in [6, 6.07) is 0.184. The molecular formula is C13H25N5O. The number of carbonyl (C=O) groups is 1. The molecule has 1 heterocycles. The fraction of sp³-hybridized carbons (Fsp3) is 0.692. The van der Waals surface area contributed by atoms with E-state index < -0.39 is 0 Å². The molecule has 0 unspecified atom stereocenters. The highest BCUT2D eigenvalue weighted by atomic mass is 16.2. The fourth-order valence-electron chi connectivity index (χ4n) is 1.74. The van der Waals surface area contributed by atoms with Crippen molar-refractivity contribution in [1.29, 1.82) is 0 Å². The molecule has 0 saturated heterocycles. The molecule has 6 nitrogen and oxygen atoms in total.